The van der Waals surface area contributed by atoms with Gasteiger partial charge in [-0.1, -0.05) is 137 Å². The van der Waals surface area contributed by atoms with E-state index in [1.54, 1.807) is 95.2 Å². The maximum absolute atomic E-state index is 12.6. The lowest BCUT2D eigenvalue weighted by Crippen LogP contribution is -2.48. The summed E-state index contributed by atoms with van der Waals surface area (Å²) in [5, 5.41) is 85.3. The number of nitrogens with two attached hydrogens (primary N) is 1. The smallest absolute Gasteiger partial charge is 0.354 e. The van der Waals surface area contributed by atoms with Crippen molar-refractivity contribution in [1.82, 2.24) is 31.9 Å². The first-order chi connectivity index (χ1) is 51.8. The highest BCUT2D eigenvalue weighted by molar-refractivity contribution is 5.88. The number of hydrogen-bond donors (Lipinski definition) is 7. The molecule has 0 atom stereocenters. The summed E-state index contributed by atoms with van der Waals surface area (Å²) in [6.45, 7) is 61.2. The molecular formula is C85H157N21O7. The SMILES string of the molecule is C=CCNC(=O)C(C)(C)N=NC(C)(C)C(=O)NCC=C.CC(C)(C)CC(C)(C)N=NC(C)(C)CC(C)(C)C.CC(C)(C)N=NC(N)=O.CC(C)(N=NC(C)(C)C(=O)NC1CCCCC1)C(=O)NC1CCCCC1.CCCCNC(=O)C(C)(C)N=NC(C)(C)C(=O)NCCCC.N#CC1(N=NC2(C#N)CCCCC2)CCCCC1. The van der Waals surface area contributed by atoms with Gasteiger partial charge in [-0.25, -0.2) is 4.79 Å². The van der Waals surface area contributed by atoms with Gasteiger partial charge in [0.25, 0.3) is 0 Å². The van der Waals surface area contributed by atoms with Crippen LogP contribution < -0.4 is 37.6 Å². The average Bonchev–Trinajstić information content (AvgIpc) is 0.835. The Morgan fingerprint density at radius 1 is 0.389 bits per heavy atom. The summed E-state index contributed by atoms with van der Waals surface area (Å²) in [4.78, 5) is 83.0. The second-order valence-electron chi connectivity index (χ2n) is 38.4. The molecule has 28 nitrogen and oxygen atoms in total. The van der Waals surface area contributed by atoms with Gasteiger partial charge in [-0.05, 0) is 245 Å². The zero-order chi connectivity index (χ0) is 87.5. The molecule has 4 fully saturated rings. The number of rotatable bonds is 30. The summed E-state index contributed by atoms with van der Waals surface area (Å²) < 4.78 is 0. The van der Waals surface area contributed by atoms with Gasteiger partial charge >= 0.3 is 6.03 Å². The largest absolute Gasteiger partial charge is 0.356 e. The first kappa shape index (κ1) is 107. The molecule has 0 aromatic carbocycles. The molecule has 4 aliphatic rings. The Hall–Kier alpha value is -7.65. The van der Waals surface area contributed by atoms with Crippen LogP contribution in [0.4, 0.5) is 4.79 Å². The van der Waals surface area contributed by atoms with Gasteiger partial charge in [0.15, 0.2) is 44.3 Å². The minimum absolute atomic E-state index is 0.0760. The number of amides is 8. The molecule has 113 heavy (non-hydrogen) atoms. The number of nitriles is 2. The van der Waals surface area contributed by atoms with Crippen LogP contribution in [0.5, 0.6) is 0 Å². The van der Waals surface area contributed by atoms with Crippen molar-refractivity contribution in [3.8, 4) is 12.1 Å². The number of nitrogens with zero attached hydrogens (tertiary/aromatic N) is 14. The van der Waals surface area contributed by atoms with Crippen molar-refractivity contribution < 1.29 is 33.6 Å². The highest BCUT2D eigenvalue weighted by atomic mass is 16.2. The molecule has 0 unspecified atom stereocenters. The third-order valence-electron chi connectivity index (χ3n) is 18.5. The first-order valence-electron chi connectivity index (χ1n) is 41.5. The maximum Gasteiger partial charge on any atom is 0.356 e. The second-order valence-corrected chi connectivity index (χ2v) is 38.4. The number of carbonyl (C=O) groups excluding carboxylic acids is 7. The van der Waals surface area contributed by atoms with Crippen molar-refractivity contribution >= 4 is 41.5 Å². The quantitative estimate of drug-likeness (QED) is 0.0204. The zero-order valence-corrected chi connectivity index (χ0v) is 75.6. The van der Waals surface area contributed by atoms with Gasteiger partial charge in [0.2, 0.25) is 35.4 Å². The Morgan fingerprint density at radius 3 is 0.867 bits per heavy atom. The Kier molecular flexibility index (Phi) is 47.5. The lowest BCUT2D eigenvalue weighted by molar-refractivity contribution is -0.128. The Labute approximate surface area is 682 Å². The molecule has 0 aromatic rings. The third kappa shape index (κ3) is 49.0. The molecule has 644 valence electrons. The van der Waals surface area contributed by atoms with Gasteiger partial charge in [0, 0.05) is 38.3 Å². The van der Waals surface area contributed by atoms with E-state index in [2.05, 4.69) is 202 Å². The van der Waals surface area contributed by atoms with Crippen LogP contribution >= 0.6 is 0 Å². The van der Waals surface area contributed by atoms with Gasteiger partial charge in [0.1, 0.15) is 0 Å². The fraction of sp³-hybridized carbons (Fsp3) is 0.847. The number of unbranched alkanes of at least 4 members (excludes halogenated alkanes) is 2. The number of nitrogens with one attached hydrogen (secondary N) is 6. The molecule has 0 aromatic heterocycles. The lowest BCUT2D eigenvalue weighted by Gasteiger charge is -2.31. The molecule has 0 spiro atoms. The highest BCUT2D eigenvalue weighted by Crippen LogP contribution is 2.37. The van der Waals surface area contributed by atoms with E-state index in [-0.39, 0.29) is 75.0 Å². The van der Waals surface area contributed by atoms with E-state index < -0.39 is 50.3 Å². The van der Waals surface area contributed by atoms with Gasteiger partial charge in [0.05, 0.1) is 28.8 Å². The van der Waals surface area contributed by atoms with Crippen LogP contribution in [-0.4, -0.2) is 141 Å². The number of azo groups is 6. The lowest BCUT2D eigenvalue weighted by atomic mass is 9.81. The standard InChI is InChI=1S/C20H36N4O2.C16H32N4O2.C16H34N2.C14H24N4O2.C14H20N4.C5H11N3O/c1-19(2,17(25)21-15-11-7-5-8-12-15)23-24-20(3,4)18(26)22-16-13-9-6-10-14-16;1-7-9-11-17-13(21)15(3,4)19-20-16(5,6)14(22)18-12-10-8-2;1-13(2,3)11-15(7,8)17-18-16(9,10)12-14(4,5)6;1-7-9-15-11(19)13(3,4)17-18-14(5,6)12(20)16-10-8-2;15-11-13(7-3-1-4-8-13)17-18-14(12-16)9-5-2-6-10-14;1-5(2,3)8-7-4(6)9/h15-16H,5-14H2,1-4H3,(H,21,25)(H,22,26);7-12H2,1-6H3,(H,17,21)(H,18,22);11-12H2,1-10H3;7-8H,1-2,9-10H2,3-6H3,(H,15,19)(H,16,20);1-10H2;1-3H3,(H2,6,9). The van der Waals surface area contributed by atoms with Crippen molar-refractivity contribution in [2.75, 3.05) is 26.2 Å². The summed E-state index contributed by atoms with van der Waals surface area (Å²) >= 11 is 0. The van der Waals surface area contributed by atoms with Crippen LogP contribution in [0.15, 0.2) is 86.7 Å². The highest BCUT2D eigenvalue weighted by Gasteiger charge is 2.39. The molecule has 8 N–H and O–H groups in total. The van der Waals surface area contributed by atoms with E-state index in [0.717, 1.165) is 116 Å². The Bertz CT molecular complexity index is 3000. The Balaban J connectivity index is 0. The van der Waals surface area contributed by atoms with Gasteiger partial charge in [-0.15, -0.1) is 13.2 Å². The van der Waals surface area contributed by atoms with Crippen LogP contribution in [0.3, 0.4) is 0 Å². The first-order valence-corrected chi connectivity index (χ1v) is 41.5. The molecule has 0 aliphatic heterocycles. The van der Waals surface area contributed by atoms with Crippen molar-refractivity contribution in [1.29, 1.82) is 10.5 Å². The summed E-state index contributed by atoms with van der Waals surface area (Å²) in [6, 6.07) is 4.40. The van der Waals surface area contributed by atoms with Crippen molar-refractivity contribution in [2.24, 2.45) is 77.9 Å². The summed E-state index contributed by atoms with van der Waals surface area (Å²) in [6.07, 6.45) is 30.2. The van der Waals surface area contributed by atoms with E-state index >= 15 is 0 Å². The maximum atomic E-state index is 12.6. The van der Waals surface area contributed by atoms with Gasteiger partial charge in [-0.2, -0.15) is 66.8 Å². The normalized spacial score (nSPS) is 17.0. The minimum atomic E-state index is -1.04. The van der Waals surface area contributed by atoms with E-state index in [1.807, 2.05) is 20.8 Å². The third-order valence-corrected chi connectivity index (χ3v) is 18.5. The fourth-order valence-corrected chi connectivity index (χ4v) is 12.3. The van der Waals surface area contributed by atoms with Crippen molar-refractivity contribution in [3.63, 3.8) is 0 Å². The summed E-state index contributed by atoms with van der Waals surface area (Å²) in [7, 11) is 0. The Morgan fingerprint density at radius 2 is 0.646 bits per heavy atom. The van der Waals surface area contributed by atoms with Gasteiger partial charge < -0.3 is 37.6 Å². The number of urea groups is 1. The molecule has 0 radical (unpaired) electrons. The number of hydrogen-bond acceptors (Lipinski definition) is 20. The van der Waals surface area contributed by atoms with Crippen LogP contribution in [0.2, 0.25) is 0 Å². The second kappa shape index (κ2) is 50.0. The van der Waals surface area contributed by atoms with Crippen LogP contribution in [0.25, 0.3) is 0 Å². The molecule has 0 saturated heterocycles. The molecule has 0 bridgehead atoms. The predicted molar refractivity (Wildman–Crippen MR) is 454 cm³/mol. The summed E-state index contributed by atoms with van der Waals surface area (Å²) in [5.41, 5.74) is -2.45. The fourth-order valence-electron chi connectivity index (χ4n) is 12.3. The molecular weight excluding hydrogens is 1430 g/mol. The van der Waals surface area contributed by atoms with E-state index in [1.165, 1.54) is 51.4 Å². The van der Waals surface area contributed by atoms with Crippen molar-refractivity contribution in [3.05, 3.63) is 25.3 Å². The van der Waals surface area contributed by atoms with Crippen molar-refractivity contribution in [2.45, 2.75) is 427 Å². The van der Waals surface area contributed by atoms with Crippen LogP contribution in [-0.2, 0) is 28.8 Å². The van der Waals surface area contributed by atoms with Crippen LogP contribution in [0.1, 0.15) is 354 Å². The zero-order valence-electron chi connectivity index (χ0n) is 75.6. The van der Waals surface area contributed by atoms with E-state index in [4.69, 9.17) is 5.73 Å². The van der Waals surface area contributed by atoms with E-state index in [9.17, 15) is 44.1 Å². The molecule has 4 saturated carbocycles. The predicted octanol–water partition coefficient (Wildman–Crippen LogP) is 19.4. The minimum Gasteiger partial charge on any atom is -0.354 e. The molecule has 4 rings (SSSR count). The molecule has 4 aliphatic carbocycles. The number of primary amides is 1. The summed E-state index contributed by atoms with van der Waals surface area (Å²) in [5.74, 6) is -1.13. The number of carbonyl (C=O) groups is 7. The average molecular weight is 1590 g/mol. The molecule has 0 heterocycles. The van der Waals surface area contributed by atoms with E-state index in [0.29, 0.717) is 26.2 Å². The van der Waals surface area contributed by atoms with Gasteiger partial charge in [-0.3, -0.25) is 28.8 Å². The topological polar surface area (TPSA) is 414 Å². The monoisotopic (exact) mass is 1580 g/mol. The van der Waals surface area contributed by atoms with Crippen LogP contribution in [0, 0.1) is 33.5 Å². The molecule has 8 amide bonds. The molecule has 28 heteroatoms.